The van der Waals surface area contributed by atoms with E-state index in [1.165, 1.54) is 0 Å². The van der Waals surface area contributed by atoms with Gasteiger partial charge in [-0.2, -0.15) is 0 Å². The number of sulfonamides is 1. The number of carbonyl (C=O) groups excluding carboxylic acids is 1. The number of anilines is 2. The van der Waals surface area contributed by atoms with Crippen LogP contribution in [0.3, 0.4) is 0 Å². The van der Waals surface area contributed by atoms with Gasteiger partial charge >= 0.3 is 0 Å². The summed E-state index contributed by atoms with van der Waals surface area (Å²) in [5, 5.41) is 2.79. The van der Waals surface area contributed by atoms with Gasteiger partial charge in [-0.15, -0.1) is 0 Å². The van der Waals surface area contributed by atoms with Crippen LogP contribution in [0.4, 0.5) is 11.4 Å². The summed E-state index contributed by atoms with van der Waals surface area (Å²) < 4.78 is 25.8. The van der Waals surface area contributed by atoms with Crippen LogP contribution in [0.15, 0.2) is 73.1 Å². The maximum Gasteiger partial charge on any atom is 0.245 e. The lowest BCUT2D eigenvalue weighted by Crippen LogP contribution is -2.38. The molecular weight excluding hydrogens is 398 g/mol. The molecule has 3 rings (SSSR count). The summed E-state index contributed by atoms with van der Waals surface area (Å²) in [6.45, 7) is 1.67. The molecule has 7 heteroatoms. The number of nitrogens with zero attached hydrogens (tertiary/aromatic N) is 2. The van der Waals surface area contributed by atoms with Crippen LogP contribution in [0.1, 0.15) is 23.6 Å². The minimum absolute atomic E-state index is 0.283. The Morgan fingerprint density at radius 3 is 2.23 bits per heavy atom. The van der Waals surface area contributed by atoms with Gasteiger partial charge in [0.1, 0.15) is 6.54 Å². The van der Waals surface area contributed by atoms with Gasteiger partial charge in [-0.05, 0) is 59.9 Å². The Hall–Kier alpha value is -3.19. The average Bonchev–Trinajstić information content (AvgIpc) is 2.73. The van der Waals surface area contributed by atoms with Crippen molar-refractivity contribution in [2.24, 2.45) is 0 Å². The van der Waals surface area contributed by atoms with Crippen molar-refractivity contribution in [3.63, 3.8) is 0 Å². The lowest BCUT2D eigenvalue weighted by Gasteiger charge is -2.24. The SMILES string of the molecule is CCc1ccccc1N(CC(=O)Nc1ccc(Cc2ccncc2)cc1)S(C)(=O)=O. The molecule has 156 valence electrons. The van der Waals surface area contributed by atoms with Crippen LogP contribution >= 0.6 is 0 Å². The normalized spacial score (nSPS) is 11.1. The van der Waals surface area contributed by atoms with Gasteiger partial charge in [-0.25, -0.2) is 8.42 Å². The highest BCUT2D eigenvalue weighted by atomic mass is 32.2. The molecule has 0 aliphatic carbocycles. The van der Waals surface area contributed by atoms with E-state index in [4.69, 9.17) is 0 Å². The quantitative estimate of drug-likeness (QED) is 0.600. The standard InChI is InChI=1S/C23H25N3O3S/c1-3-20-6-4-5-7-22(20)26(30(2,28)29)17-23(27)25-21-10-8-18(9-11-21)16-19-12-14-24-15-13-19/h4-15H,3,16-17H2,1-2H3,(H,25,27). The van der Waals surface area contributed by atoms with Gasteiger partial charge in [0.25, 0.3) is 0 Å². The molecule has 6 nitrogen and oxygen atoms in total. The van der Waals surface area contributed by atoms with Gasteiger partial charge < -0.3 is 5.32 Å². The molecule has 0 spiro atoms. The number of para-hydroxylation sites is 1. The molecule has 0 aliphatic heterocycles. The van der Waals surface area contributed by atoms with Crippen molar-refractivity contribution in [3.8, 4) is 0 Å². The van der Waals surface area contributed by atoms with Crippen molar-refractivity contribution in [1.29, 1.82) is 0 Å². The number of nitrogens with one attached hydrogen (secondary N) is 1. The maximum atomic E-state index is 12.6. The first-order valence-electron chi connectivity index (χ1n) is 9.70. The van der Waals surface area contributed by atoms with Crippen LogP contribution < -0.4 is 9.62 Å². The largest absolute Gasteiger partial charge is 0.325 e. The summed E-state index contributed by atoms with van der Waals surface area (Å²) in [7, 11) is -3.61. The maximum absolute atomic E-state index is 12.6. The summed E-state index contributed by atoms with van der Waals surface area (Å²) in [6, 6.07) is 18.7. The number of carbonyl (C=O) groups is 1. The van der Waals surface area contributed by atoms with Crippen molar-refractivity contribution in [1.82, 2.24) is 4.98 Å². The van der Waals surface area contributed by atoms with Crippen molar-refractivity contribution < 1.29 is 13.2 Å². The third-order valence-corrected chi connectivity index (χ3v) is 5.85. The van der Waals surface area contributed by atoms with E-state index in [0.29, 0.717) is 17.8 Å². The average molecular weight is 424 g/mol. The smallest absolute Gasteiger partial charge is 0.245 e. The van der Waals surface area contributed by atoms with Crippen molar-refractivity contribution in [3.05, 3.63) is 89.7 Å². The second-order valence-corrected chi connectivity index (χ2v) is 8.94. The predicted octanol–water partition coefficient (Wildman–Crippen LogP) is 3.64. The topological polar surface area (TPSA) is 79.4 Å². The highest BCUT2D eigenvalue weighted by Gasteiger charge is 2.22. The molecule has 30 heavy (non-hydrogen) atoms. The molecule has 1 aromatic heterocycles. The molecule has 0 fully saturated rings. The fraction of sp³-hybridized carbons (Fsp3) is 0.217. The number of hydrogen-bond donors (Lipinski definition) is 1. The fourth-order valence-corrected chi connectivity index (χ4v) is 4.09. The molecule has 1 amide bonds. The highest BCUT2D eigenvalue weighted by molar-refractivity contribution is 7.92. The minimum atomic E-state index is -3.61. The first kappa shape index (κ1) is 21.5. The Labute approximate surface area is 177 Å². The molecular formula is C23H25N3O3S. The first-order valence-corrected chi connectivity index (χ1v) is 11.5. The number of hydrogen-bond acceptors (Lipinski definition) is 4. The second-order valence-electron chi connectivity index (χ2n) is 7.03. The van der Waals surface area contributed by atoms with E-state index in [2.05, 4.69) is 10.3 Å². The minimum Gasteiger partial charge on any atom is -0.325 e. The van der Waals surface area contributed by atoms with Crippen LogP contribution in [-0.4, -0.2) is 32.1 Å². The van der Waals surface area contributed by atoms with Crippen molar-refractivity contribution in [2.75, 3.05) is 22.4 Å². The zero-order valence-electron chi connectivity index (χ0n) is 17.1. The van der Waals surface area contributed by atoms with Crippen LogP contribution in [-0.2, 0) is 27.7 Å². The van der Waals surface area contributed by atoms with Gasteiger partial charge in [-0.3, -0.25) is 14.1 Å². The lowest BCUT2D eigenvalue weighted by molar-refractivity contribution is -0.114. The zero-order chi connectivity index (χ0) is 21.6. The van der Waals surface area contributed by atoms with E-state index >= 15 is 0 Å². The third kappa shape index (κ3) is 5.67. The van der Waals surface area contributed by atoms with E-state index in [1.807, 2.05) is 55.5 Å². The number of aromatic nitrogens is 1. The molecule has 1 heterocycles. The Kier molecular flexibility index (Phi) is 6.84. The molecule has 1 N–H and O–H groups in total. The number of pyridine rings is 1. The van der Waals surface area contributed by atoms with E-state index < -0.39 is 15.9 Å². The summed E-state index contributed by atoms with van der Waals surface area (Å²) in [6.07, 6.45) is 6.07. The molecule has 0 atom stereocenters. The Balaban J connectivity index is 1.70. The molecule has 0 unspecified atom stereocenters. The van der Waals surface area contributed by atoms with Gasteiger partial charge in [0, 0.05) is 18.1 Å². The molecule has 0 radical (unpaired) electrons. The van der Waals surface area contributed by atoms with E-state index in [1.54, 1.807) is 24.5 Å². The molecule has 2 aromatic carbocycles. The fourth-order valence-electron chi connectivity index (χ4n) is 3.21. The number of benzene rings is 2. The summed E-state index contributed by atoms with van der Waals surface area (Å²) in [5.74, 6) is -0.395. The molecule has 0 saturated heterocycles. The van der Waals surface area contributed by atoms with Gasteiger partial charge in [-0.1, -0.05) is 37.3 Å². The second kappa shape index (κ2) is 9.54. The third-order valence-electron chi connectivity index (χ3n) is 4.72. The monoisotopic (exact) mass is 423 g/mol. The van der Waals surface area contributed by atoms with E-state index in [0.717, 1.165) is 33.7 Å². The summed E-state index contributed by atoms with van der Waals surface area (Å²) >= 11 is 0. The molecule has 0 bridgehead atoms. The van der Waals surface area contributed by atoms with Crippen LogP contribution in [0, 0.1) is 0 Å². The summed E-state index contributed by atoms with van der Waals surface area (Å²) in [5.41, 5.74) is 4.28. The van der Waals surface area contributed by atoms with Gasteiger partial charge in [0.05, 0.1) is 11.9 Å². The van der Waals surface area contributed by atoms with Crippen molar-refractivity contribution in [2.45, 2.75) is 19.8 Å². The van der Waals surface area contributed by atoms with Gasteiger partial charge in [0.2, 0.25) is 15.9 Å². The van der Waals surface area contributed by atoms with E-state index in [-0.39, 0.29) is 6.54 Å². The Morgan fingerprint density at radius 1 is 0.967 bits per heavy atom. The van der Waals surface area contributed by atoms with Crippen LogP contribution in [0.5, 0.6) is 0 Å². The number of rotatable bonds is 8. The van der Waals surface area contributed by atoms with Crippen LogP contribution in [0.25, 0.3) is 0 Å². The Morgan fingerprint density at radius 2 is 1.60 bits per heavy atom. The molecule has 3 aromatic rings. The lowest BCUT2D eigenvalue weighted by atomic mass is 10.1. The molecule has 0 saturated carbocycles. The molecule has 0 aliphatic rings. The first-order chi connectivity index (χ1) is 14.4. The highest BCUT2D eigenvalue weighted by Crippen LogP contribution is 2.23. The summed E-state index contributed by atoms with van der Waals surface area (Å²) in [4.78, 5) is 16.6. The zero-order valence-corrected chi connectivity index (χ0v) is 17.9. The number of amides is 1. The van der Waals surface area contributed by atoms with Gasteiger partial charge in [0.15, 0.2) is 0 Å². The van der Waals surface area contributed by atoms with Crippen LogP contribution in [0.2, 0.25) is 0 Å². The van der Waals surface area contributed by atoms with E-state index in [9.17, 15) is 13.2 Å². The van der Waals surface area contributed by atoms with Crippen molar-refractivity contribution >= 4 is 27.3 Å². The number of aryl methyl sites for hydroxylation is 1. The Bertz CT molecular complexity index is 1100. The predicted molar refractivity (Wildman–Crippen MR) is 120 cm³/mol.